The summed E-state index contributed by atoms with van der Waals surface area (Å²) in [5.74, 6) is -1.51. The fourth-order valence-corrected chi connectivity index (χ4v) is 6.79. The number of halogens is 3. The summed E-state index contributed by atoms with van der Waals surface area (Å²) in [7, 11) is 0. The summed E-state index contributed by atoms with van der Waals surface area (Å²) in [6.07, 6.45) is 0. The van der Waals surface area contributed by atoms with Crippen molar-refractivity contribution in [2.24, 2.45) is 0 Å². The standard InChI is InChI=1S/C13H14I3NO3/c1-4-17(7(3)18)12-9(15)5-8(14)10(11(12)16)6(2)13(19)20/h5-6H,4H2,1-3H3,(H,19,20)/t6-/m1/s1. The Hall–Kier alpha value is 0.350. The first-order chi connectivity index (χ1) is 9.22. The molecule has 0 aliphatic carbocycles. The van der Waals surface area contributed by atoms with Crippen LogP contribution in [0.4, 0.5) is 5.69 Å². The van der Waals surface area contributed by atoms with Gasteiger partial charge < -0.3 is 10.0 Å². The average molecular weight is 613 g/mol. The fraction of sp³-hybridized carbons (Fsp3) is 0.385. The van der Waals surface area contributed by atoms with Crippen LogP contribution in [0.25, 0.3) is 0 Å². The Morgan fingerprint density at radius 3 is 2.25 bits per heavy atom. The molecule has 0 heterocycles. The number of benzene rings is 1. The molecule has 7 heteroatoms. The van der Waals surface area contributed by atoms with Crippen LogP contribution in [0.2, 0.25) is 0 Å². The van der Waals surface area contributed by atoms with Gasteiger partial charge in [-0.05, 0) is 93.2 Å². The molecule has 0 unspecified atom stereocenters. The van der Waals surface area contributed by atoms with Crippen molar-refractivity contribution >= 4 is 85.3 Å². The Kier molecular flexibility index (Phi) is 6.96. The van der Waals surface area contributed by atoms with Gasteiger partial charge in [-0.3, -0.25) is 9.59 Å². The van der Waals surface area contributed by atoms with Crippen molar-refractivity contribution in [2.45, 2.75) is 26.7 Å². The highest BCUT2D eigenvalue weighted by molar-refractivity contribution is 14.1. The molecule has 1 atom stereocenters. The molecule has 0 aliphatic heterocycles. The normalized spacial score (nSPS) is 12.1. The number of hydrogen-bond acceptors (Lipinski definition) is 2. The highest BCUT2D eigenvalue weighted by atomic mass is 127. The maximum Gasteiger partial charge on any atom is 0.310 e. The number of anilines is 1. The van der Waals surface area contributed by atoms with Crippen molar-refractivity contribution in [3.05, 3.63) is 22.3 Å². The molecule has 0 spiro atoms. The number of aliphatic carboxylic acids is 1. The first-order valence-electron chi connectivity index (χ1n) is 5.90. The van der Waals surface area contributed by atoms with E-state index < -0.39 is 11.9 Å². The van der Waals surface area contributed by atoms with Crippen LogP contribution in [0.5, 0.6) is 0 Å². The Bertz CT molecular complexity index is 560. The smallest absolute Gasteiger partial charge is 0.310 e. The van der Waals surface area contributed by atoms with Gasteiger partial charge in [0.25, 0.3) is 0 Å². The van der Waals surface area contributed by atoms with E-state index in [2.05, 4.69) is 67.8 Å². The molecule has 20 heavy (non-hydrogen) atoms. The van der Waals surface area contributed by atoms with Gasteiger partial charge >= 0.3 is 5.97 Å². The second-order valence-electron chi connectivity index (χ2n) is 4.24. The number of nitrogens with zero attached hydrogens (tertiary/aromatic N) is 1. The van der Waals surface area contributed by atoms with E-state index in [9.17, 15) is 14.7 Å². The van der Waals surface area contributed by atoms with Gasteiger partial charge in [0.05, 0.1) is 11.6 Å². The maximum atomic E-state index is 11.8. The van der Waals surface area contributed by atoms with Gasteiger partial charge in [-0.25, -0.2) is 0 Å². The lowest BCUT2D eigenvalue weighted by Crippen LogP contribution is -2.30. The summed E-state index contributed by atoms with van der Waals surface area (Å²) in [6, 6.07) is 1.93. The van der Waals surface area contributed by atoms with Gasteiger partial charge in [0.15, 0.2) is 0 Å². The minimum atomic E-state index is -0.862. The minimum Gasteiger partial charge on any atom is -0.481 e. The van der Waals surface area contributed by atoms with Crippen LogP contribution in [0, 0.1) is 10.7 Å². The lowest BCUT2D eigenvalue weighted by atomic mass is 10.0. The zero-order valence-corrected chi connectivity index (χ0v) is 17.7. The maximum absolute atomic E-state index is 11.8. The van der Waals surface area contributed by atoms with Crippen LogP contribution < -0.4 is 4.90 Å². The lowest BCUT2D eigenvalue weighted by Gasteiger charge is -2.25. The highest BCUT2D eigenvalue weighted by Gasteiger charge is 2.26. The molecule has 0 aliphatic rings. The van der Waals surface area contributed by atoms with E-state index >= 15 is 0 Å². The summed E-state index contributed by atoms with van der Waals surface area (Å²) in [4.78, 5) is 24.7. The van der Waals surface area contributed by atoms with Gasteiger partial charge in [0.1, 0.15) is 0 Å². The number of hydrogen-bond donors (Lipinski definition) is 1. The number of carboxylic acids is 1. The van der Waals surface area contributed by atoms with Crippen molar-refractivity contribution < 1.29 is 14.7 Å². The van der Waals surface area contributed by atoms with Crippen LogP contribution in [0.1, 0.15) is 32.3 Å². The third kappa shape index (κ3) is 3.76. The van der Waals surface area contributed by atoms with Crippen LogP contribution in [0.15, 0.2) is 6.07 Å². The first-order valence-corrected chi connectivity index (χ1v) is 9.14. The van der Waals surface area contributed by atoms with Crippen molar-refractivity contribution in [3.8, 4) is 0 Å². The Labute approximate surface area is 159 Å². The van der Waals surface area contributed by atoms with Crippen molar-refractivity contribution in [1.29, 1.82) is 0 Å². The number of amides is 1. The lowest BCUT2D eigenvalue weighted by molar-refractivity contribution is -0.138. The summed E-state index contributed by atoms with van der Waals surface area (Å²) in [5.41, 5.74) is 1.58. The molecule has 0 aromatic heterocycles. The molecule has 0 saturated carbocycles. The van der Waals surface area contributed by atoms with E-state index in [0.717, 1.165) is 22.0 Å². The molecular formula is C13H14I3NO3. The Morgan fingerprint density at radius 2 is 1.85 bits per heavy atom. The highest BCUT2D eigenvalue weighted by Crippen LogP contribution is 2.37. The van der Waals surface area contributed by atoms with E-state index in [1.54, 1.807) is 11.8 Å². The molecule has 1 N–H and O–H groups in total. The Morgan fingerprint density at radius 1 is 1.30 bits per heavy atom. The second-order valence-corrected chi connectivity index (χ2v) is 7.64. The molecule has 0 fully saturated rings. The predicted octanol–water partition coefficient (Wildman–Crippen LogP) is 4.06. The predicted molar refractivity (Wildman–Crippen MR) is 104 cm³/mol. The van der Waals surface area contributed by atoms with Gasteiger partial charge in [0, 0.05) is 24.2 Å². The third-order valence-corrected chi connectivity index (χ3v) is 5.76. The largest absolute Gasteiger partial charge is 0.481 e. The summed E-state index contributed by atoms with van der Waals surface area (Å²) in [6.45, 7) is 5.66. The topological polar surface area (TPSA) is 57.6 Å². The summed E-state index contributed by atoms with van der Waals surface area (Å²) >= 11 is 6.49. The van der Waals surface area contributed by atoms with Gasteiger partial charge in [-0.2, -0.15) is 0 Å². The fourth-order valence-electron chi connectivity index (χ4n) is 1.90. The van der Waals surface area contributed by atoms with Crippen molar-refractivity contribution in [2.75, 3.05) is 11.4 Å². The van der Waals surface area contributed by atoms with Crippen LogP contribution in [0.3, 0.4) is 0 Å². The number of rotatable bonds is 4. The molecule has 0 radical (unpaired) electrons. The summed E-state index contributed by atoms with van der Waals surface area (Å²) in [5, 5.41) is 9.26. The van der Waals surface area contributed by atoms with E-state index in [1.165, 1.54) is 6.92 Å². The van der Waals surface area contributed by atoms with Crippen LogP contribution in [-0.2, 0) is 9.59 Å². The van der Waals surface area contributed by atoms with Crippen LogP contribution >= 0.6 is 67.8 Å². The molecule has 1 amide bonds. The molecule has 110 valence electrons. The van der Waals surface area contributed by atoms with Gasteiger partial charge in [-0.15, -0.1) is 0 Å². The first kappa shape index (κ1) is 18.4. The van der Waals surface area contributed by atoms with E-state index in [4.69, 9.17) is 0 Å². The molecule has 1 rings (SSSR count). The average Bonchev–Trinajstić information content (AvgIpc) is 2.33. The minimum absolute atomic E-state index is 0.0431. The third-order valence-electron chi connectivity index (χ3n) is 2.95. The molecule has 1 aromatic carbocycles. The van der Waals surface area contributed by atoms with E-state index in [-0.39, 0.29) is 5.91 Å². The molecular weight excluding hydrogens is 599 g/mol. The Balaban J connectivity index is 3.59. The van der Waals surface area contributed by atoms with E-state index in [0.29, 0.717) is 6.54 Å². The molecule has 4 nitrogen and oxygen atoms in total. The van der Waals surface area contributed by atoms with Crippen molar-refractivity contribution in [1.82, 2.24) is 0 Å². The zero-order valence-electron chi connectivity index (χ0n) is 11.2. The number of carbonyl (C=O) groups excluding carboxylic acids is 1. The van der Waals surface area contributed by atoms with Crippen molar-refractivity contribution in [3.63, 3.8) is 0 Å². The summed E-state index contributed by atoms with van der Waals surface area (Å²) < 4.78 is 2.70. The molecule has 0 bridgehead atoms. The quantitative estimate of drug-likeness (QED) is 0.522. The van der Waals surface area contributed by atoms with E-state index in [1.807, 2.05) is 13.0 Å². The van der Waals surface area contributed by atoms with Crippen LogP contribution in [-0.4, -0.2) is 23.5 Å². The number of carboxylic acid groups (broad SMARTS) is 1. The van der Waals surface area contributed by atoms with Gasteiger partial charge in [-0.1, -0.05) is 0 Å². The van der Waals surface area contributed by atoms with Gasteiger partial charge in [0.2, 0.25) is 5.91 Å². The SMILES string of the molecule is CCN(C(C)=O)c1c(I)cc(I)c([C@@H](C)C(=O)O)c1I. The number of carbonyl (C=O) groups is 2. The molecule has 1 aromatic rings. The second kappa shape index (κ2) is 7.56. The zero-order chi connectivity index (χ0) is 15.6. The molecule has 0 saturated heterocycles. The monoisotopic (exact) mass is 613 g/mol.